The molecule has 0 aliphatic carbocycles. The van der Waals surface area contributed by atoms with Gasteiger partial charge in [-0.15, -0.1) is 0 Å². The van der Waals surface area contributed by atoms with Crippen molar-refractivity contribution in [3.63, 3.8) is 0 Å². The number of methoxy groups -OCH3 is 2. The van der Waals surface area contributed by atoms with Crippen LogP contribution in [0, 0.1) is 0 Å². The first-order valence-electron chi connectivity index (χ1n) is 7.40. The monoisotopic (exact) mass is 278 g/mol. The third-order valence-electron chi connectivity index (χ3n) is 4.05. The molecule has 1 aliphatic heterocycles. The fourth-order valence-electron chi connectivity index (χ4n) is 2.85. The van der Waals surface area contributed by atoms with Crippen LogP contribution < -0.4 is 14.8 Å². The molecule has 1 atom stereocenters. The summed E-state index contributed by atoms with van der Waals surface area (Å²) < 4.78 is 10.8. The minimum atomic E-state index is 0.286. The second-order valence-electron chi connectivity index (χ2n) is 5.31. The molecule has 1 N–H and O–H groups in total. The van der Waals surface area contributed by atoms with Gasteiger partial charge in [-0.3, -0.25) is 0 Å². The van der Waals surface area contributed by atoms with Crippen molar-refractivity contribution >= 4 is 0 Å². The Morgan fingerprint density at radius 2 is 1.90 bits per heavy atom. The van der Waals surface area contributed by atoms with E-state index in [-0.39, 0.29) is 6.04 Å². The zero-order valence-corrected chi connectivity index (χ0v) is 12.8. The Balaban J connectivity index is 2.13. The molecule has 1 heterocycles. The van der Waals surface area contributed by atoms with E-state index in [0.717, 1.165) is 18.0 Å². The Kier molecular flexibility index (Phi) is 5.68. The molecule has 1 saturated heterocycles. The maximum atomic E-state index is 5.52. The second kappa shape index (κ2) is 7.50. The zero-order chi connectivity index (χ0) is 14.4. The topological polar surface area (TPSA) is 33.7 Å². The third-order valence-corrected chi connectivity index (χ3v) is 4.05. The average Bonchev–Trinajstić information content (AvgIpc) is 2.53. The first-order chi connectivity index (χ1) is 9.78. The molecule has 1 aliphatic rings. The molecule has 0 radical (unpaired) electrons. The van der Waals surface area contributed by atoms with Crippen molar-refractivity contribution < 1.29 is 9.47 Å². The molecule has 1 aromatic carbocycles. The number of ether oxygens (including phenoxy) is 2. The van der Waals surface area contributed by atoms with Crippen molar-refractivity contribution in [2.75, 3.05) is 40.9 Å². The van der Waals surface area contributed by atoms with E-state index in [0.29, 0.717) is 0 Å². The van der Waals surface area contributed by atoms with Gasteiger partial charge in [-0.05, 0) is 39.0 Å². The summed E-state index contributed by atoms with van der Waals surface area (Å²) in [6.07, 6.45) is 4.00. The highest BCUT2D eigenvalue weighted by Crippen LogP contribution is 2.30. The van der Waals surface area contributed by atoms with E-state index in [9.17, 15) is 0 Å². The summed E-state index contributed by atoms with van der Waals surface area (Å²) in [5.74, 6) is 1.72. The Morgan fingerprint density at radius 3 is 2.50 bits per heavy atom. The summed E-state index contributed by atoms with van der Waals surface area (Å²) in [6.45, 7) is 3.44. The molecule has 0 aromatic heterocycles. The normalized spacial score (nSPS) is 17.8. The summed E-state index contributed by atoms with van der Waals surface area (Å²) in [5.41, 5.74) is 1.20. The number of likely N-dealkylation sites (N-methyl/N-ethyl adjacent to an activating group) is 1. The predicted molar refractivity (Wildman–Crippen MR) is 81.6 cm³/mol. The lowest BCUT2D eigenvalue weighted by molar-refractivity contribution is 0.207. The van der Waals surface area contributed by atoms with Gasteiger partial charge in [-0.25, -0.2) is 0 Å². The molecule has 0 spiro atoms. The highest BCUT2D eigenvalue weighted by Gasteiger charge is 2.19. The minimum Gasteiger partial charge on any atom is -0.497 e. The van der Waals surface area contributed by atoms with Gasteiger partial charge in [0, 0.05) is 24.2 Å². The standard InChI is InChI=1S/C16H26N2O2/c1-17-15(12-18-9-5-4-6-10-18)14-8-7-13(19-2)11-16(14)20-3/h7-8,11,15,17H,4-6,9-10,12H2,1-3H3. The van der Waals surface area contributed by atoms with Crippen LogP contribution in [-0.2, 0) is 0 Å². The fourth-order valence-corrected chi connectivity index (χ4v) is 2.85. The highest BCUT2D eigenvalue weighted by atomic mass is 16.5. The van der Waals surface area contributed by atoms with E-state index in [4.69, 9.17) is 9.47 Å². The molecule has 2 rings (SSSR count). The summed E-state index contributed by atoms with van der Waals surface area (Å²) >= 11 is 0. The van der Waals surface area contributed by atoms with Crippen LogP contribution in [0.2, 0.25) is 0 Å². The molecule has 20 heavy (non-hydrogen) atoms. The van der Waals surface area contributed by atoms with Gasteiger partial charge >= 0.3 is 0 Å². The Morgan fingerprint density at radius 1 is 1.15 bits per heavy atom. The third kappa shape index (κ3) is 3.64. The van der Waals surface area contributed by atoms with Crippen LogP contribution in [0.25, 0.3) is 0 Å². The van der Waals surface area contributed by atoms with Crippen molar-refractivity contribution in [3.05, 3.63) is 23.8 Å². The second-order valence-corrected chi connectivity index (χ2v) is 5.31. The molecule has 0 saturated carbocycles. The van der Waals surface area contributed by atoms with Crippen LogP contribution in [0.4, 0.5) is 0 Å². The van der Waals surface area contributed by atoms with E-state index in [1.165, 1.54) is 37.9 Å². The first-order valence-corrected chi connectivity index (χ1v) is 7.40. The summed E-state index contributed by atoms with van der Waals surface area (Å²) in [4.78, 5) is 2.54. The number of benzene rings is 1. The largest absolute Gasteiger partial charge is 0.497 e. The van der Waals surface area contributed by atoms with Crippen LogP contribution in [0.5, 0.6) is 11.5 Å². The van der Waals surface area contributed by atoms with Gasteiger partial charge in [-0.1, -0.05) is 12.5 Å². The van der Waals surface area contributed by atoms with E-state index < -0.39 is 0 Å². The van der Waals surface area contributed by atoms with Gasteiger partial charge in [0.15, 0.2) is 0 Å². The molecule has 1 aromatic rings. The van der Waals surface area contributed by atoms with Crippen molar-refractivity contribution in [1.29, 1.82) is 0 Å². The molecule has 0 amide bonds. The van der Waals surface area contributed by atoms with Gasteiger partial charge in [-0.2, -0.15) is 0 Å². The van der Waals surface area contributed by atoms with Gasteiger partial charge in [0.25, 0.3) is 0 Å². The number of hydrogen-bond donors (Lipinski definition) is 1. The molecular weight excluding hydrogens is 252 g/mol. The smallest absolute Gasteiger partial charge is 0.127 e. The lowest BCUT2D eigenvalue weighted by Crippen LogP contribution is -2.37. The first kappa shape index (κ1) is 15.1. The minimum absolute atomic E-state index is 0.286. The SMILES string of the molecule is CNC(CN1CCCCC1)c1ccc(OC)cc1OC. The van der Waals surface area contributed by atoms with E-state index in [1.807, 2.05) is 19.2 Å². The van der Waals surface area contributed by atoms with Crippen molar-refractivity contribution in [1.82, 2.24) is 10.2 Å². The molecule has 0 bridgehead atoms. The Hall–Kier alpha value is -1.26. The Labute approximate surface area is 122 Å². The summed E-state index contributed by atoms with van der Waals surface area (Å²) in [7, 11) is 5.40. The van der Waals surface area contributed by atoms with Gasteiger partial charge in [0.1, 0.15) is 11.5 Å². The van der Waals surface area contributed by atoms with Crippen LogP contribution >= 0.6 is 0 Å². The number of hydrogen-bond acceptors (Lipinski definition) is 4. The lowest BCUT2D eigenvalue weighted by atomic mass is 10.0. The zero-order valence-electron chi connectivity index (χ0n) is 12.8. The number of likely N-dealkylation sites (tertiary alicyclic amines) is 1. The highest BCUT2D eigenvalue weighted by molar-refractivity contribution is 5.42. The summed E-state index contributed by atoms with van der Waals surface area (Å²) in [5, 5.41) is 3.42. The van der Waals surface area contributed by atoms with E-state index in [1.54, 1.807) is 14.2 Å². The van der Waals surface area contributed by atoms with Crippen molar-refractivity contribution in [2.45, 2.75) is 25.3 Å². The van der Waals surface area contributed by atoms with E-state index in [2.05, 4.69) is 16.3 Å². The fraction of sp³-hybridized carbons (Fsp3) is 0.625. The molecule has 4 heteroatoms. The quantitative estimate of drug-likeness (QED) is 0.866. The van der Waals surface area contributed by atoms with Gasteiger partial charge in [0.05, 0.1) is 14.2 Å². The summed E-state index contributed by atoms with van der Waals surface area (Å²) in [6, 6.07) is 6.34. The van der Waals surface area contributed by atoms with Crippen LogP contribution in [-0.4, -0.2) is 45.8 Å². The Bertz CT molecular complexity index is 417. The molecular formula is C16H26N2O2. The average molecular weight is 278 g/mol. The number of nitrogens with one attached hydrogen (secondary N) is 1. The number of piperidine rings is 1. The number of rotatable bonds is 6. The molecule has 4 nitrogen and oxygen atoms in total. The molecule has 1 fully saturated rings. The molecule has 112 valence electrons. The van der Waals surface area contributed by atoms with Crippen molar-refractivity contribution in [2.24, 2.45) is 0 Å². The molecule has 1 unspecified atom stereocenters. The van der Waals surface area contributed by atoms with Crippen LogP contribution in [0.1, 0.15) is 30.9 Å². The van der Waals surface area contributed by atoms with Gasteiger partial charge < -0.3 is 19.7 Å². The van der Waals surface area contributed by atoms with E-state index >= 15 is 0 Å². The van der Waals surface area contributed by atoms with Crippen molar-refractivity contribution in [3.8, 4) is 11.5 Å². The van der Waals surface area contributed by atoms with Gasteiger partial charge in [0.2, 0.25) is 0 Å². The van der Waals surface area contributed by atoms with Crippen LogP contribution in [0.15, 0.2) is 18.2 Å². The lowest BCUT2D eigenvalue weighted by Gasteiger charge is -2.31. The maximum Gasteiger partial charge on any atom is 0.127 e. The predicted octanol–water partition coefficient (Wildman–Crippen LogP) is 2.45. The maximum absolute atomic E-state index is 5.52. The van der Waals surface area contributed by atoms with Crippen LogP contribution in [0.3, 0.4) is 0 Å². The number of nitrogens with zero attached hydrogens (tertiary/aromatic N) is 1.